The zero-order chi connectivity index (χ0) is 29.9. The highest BCUT2D eigenvalue weighted by Gasteiger charge is 2.25. The highest BCUT2D eigenvalue weighted by molar-refractivity contribution is 7.26. The normalized spacial score (nSPS) is 15.0. The van der Waals surface area contributed by atoms with Crippen molar-refractivity contribution in [2.24, 2.45) is 4.99 Å². The molecule has 1 unspecified atom stereocenters. The topological polar surface area (TPSA) is 20.5 Å². The minimum Gasteiger partial charge on any atom is -0.334 e. The van der Waals surface area contributed by atoms with Gasteiger partial charge in [0.25, 0.3) is 0 Å². The molecule has 0 saturated carbocycles. The molecule has 45 heavy (non-hydrogen) atoms. The zero-order valence-electron chi connectivity index (χ0n) is 24.8. The van der Waals surface area contributed by atoms with Gasteiger partial charge in [-0.25, -0.2) is 4.99 Å². The predicted octanol–water partition coefficient (Wildman–Crippen LogP) is 10.9. The number of likely N-dealkylation sites (N-methyl/N-ethyl adjacent to an activating group) is 1. The van der Waals surface area contributed by atoms with Crippen LogP contribution in [0.2, 0.25) is 0 Å². The summed E-state index contributed by atoms with van der Waals surface area (Å²) in [6.45, 7) is 0. The zero-order valence-corrected chi connectivity index (χ0v) is 25.6. The first kappa shape index (κ1) is 26.0. The van der Waals surface area contributed by atoms with Crippen molar-refractivity contribution in [3.63, 3.8) is 0 Å². The summed E-state index contributed by atoms with van der Waals surface area (Å²) < 4.78 is 4.99. The molecule has 9 rings (SSSR count). The molecule has 1 aliphatic rings. The van der Waals surface area contributed by atoms with Gasteiger partial charge in [0.2, 0.25) is 5.96 Å². The number of fused-ring (bicyclic) bond motifs is 6. The van der Waals surface area contributed by atoms with Crippen LogP contribution in [0.25, 0.3) is 64.2 Å². The van der Waals surface area contributed by atoms with Gasteiger partial charge in [0, 0.05) is 44.2 Å². The summed E-state index contributed by atoms with van der Waals surface area (Å²) in [5.74, 6) is 0.917. The van der Waals surface area contributed by atoms with Crippen LogP contribution in [-0.2, 0) is 0 Å². The Balaban J connectivity index is 1.14. The van der Waals surface area contributed by atoms with E-state index in [1.54, 1.807) is 0 Å². The molecule has 0 N–H and O–H groups in total. The van der Waals surface area contributed by atoms with Crippen molar-refractivity contribution in [3.8, 4) is 22.3 Å². The fraction of sp³-hybridized carbons (Fsp3) is 0.0488. The average Bonchev–Trinajstić information content (AvgIpc) is 3.65. The standard InChI is InChI=1S/C41H29N3S/c1-43-36(29-20-18-28(19-21-29)27-10-3-2-4-11-27)24-25-42-41(43)44-37-16-7-5-12-32(37)35-26-30(22-23-38(35)44)31-14-9-15-34-33-13-6-8-17-39(33)45-40(31)34/h2-26,36H,1H3. The van der Waals surface area contributed by atoms with Crippen LogP contribution in [0, 0.1) is 0 Å². The molecule has 0 spiro atoms. The van der Waals surface area contributed by atoms with E-state index >= 15 is 0 Å². The molecule has 6 aromatic carbocycles. The largest absolute Gasteiger partial charge is 0.334 e. The summed E-state index contributed by atoms with van der Waals surface area (Å²) in [4.78, 5) is 7.25. The van der Waals surface area contributed by atoms with Crippen LogP contribution in [0.15, 0.2) is 157 Å². The third-order valence-corrected chi connectivity index (χ3v) is 10.4. The Hall–Kier alpha value is -5.45. The van der Waals surface area contributed by atoms with Crippen LogP contribution in [-0.4, -0.2) is 22.5 Å². The van der Waals surface area contributed by atoms with Gasteiger partial charge < -0.3 is 4.90 Å². The van der Waals surface area contributed by atoms with Gasteiger partial charge in [0.05, 0.1) is 17.1 Å². The fourth-order valence-electron chi connectivity index (χ4n) is 6.92. The molecule has 2 aromatic heterocycles. The molecule has 214 valence electrons. The molecular formula is C41H29N3S. The molecule has 0 fully saturated rings. The molecule has 1 atom stereocenters. The third kappa shape index (κ3) is 4.14. The van der Waals surface area contributed by atoms with Gasteiger partial charge in [0.15, 0.2) is 0 Å². The van der Waals surface area contributed by atoms with Crippen LogP contribution in [0.1, 0.15) is 11.6 Å². The van der Waals surface area contributed by atoms with E-state index in [-0.39, 0.29) is 6.04 Å². The van der Waals surface area contributed by atoms with E-state index in [1.165, 1.54) is 58.8 Å². The van der Waals surface area contributed by atoms with E-state index in [9.17, 15) is 0 Å². The lowest BCUT2D eigenvalue weighted by Gasteiger charge is -2.32. The summed E-state index contributed by atoms with van der Waals surface area (Å²) in [5, 5.41) is 5.11. The number of rotatable bonds is 3. The van der Waals surface area contributed by atoms with Gasteiger partial charge in [-0.05, 0) is 58.2 Å². The first-order valence-corrected chi connectivity index (χ1v) is 16.1. The number of benzene rings is 6. The van der Waals surface area contributed by atoms with Crippen LogP contribution >= 0.6 is 11.3 Å². The van der Waals surface area contributed by atoms with Crippen molar-refractivity contribution in [2.45, 2.75) is 6.04 Å². The highest BCUT2D eigenvalue weighted by atomic mass is 32.1. The van der Waals surface area contributed by atoms with E-state index in [1.807, 2.05) is 17.5 Å². The SMILES string of the molecule is CN1C(n2c3ccccc3c3cc(-c4cccc5c4sc4ccccc45)ccc32)=NC=CC1c1ccc(-c2ccccc2)cc1. The second-order valence-corrected chi connectivity index (χ2v) is 12.7. The number of thiophene rings is 1. The number of hydrogen-bond acceptors (Lipinski definition) is 3. The summed E-state index contributed by atoms with van der Waals surface area (Å²) in [7, 11) is 2.15. The van der Waals surface area contributed by atoms with Crippen molar-refractivity contribution in [3.05, 3.63) is 157 Å². The second kappa shape index (κ2) is 10.3. The first-order chi connectivity index (χ1) is 22.2. The maximum atomic E-state index is 4.97. The van der Waals surface area contributed by atoms with Gasteiger partial charge in [-0.15, -0.1) is 11.3 Å². The summed E-state index contributed by atoms with van der Waals surface area (Å²) in [5.41, 5.74) is 8.51. The lowest BCUT2D eigenvalue weighted by Crippen LogP contribution is -2.36. The maximum Gasteiger partial charge on any atom is 0.211 e. The molecule has 4 heteroatoms. The Bertz CT molecular complexity index is 2450. The number of aromatic nitrogens is 1. The van der Waals surface area contributed by atoms with E-state index < -0.39 is 0 Å². The molecule has 3 heterocycles. The molecular weight excluding hydrogens is 567 g/mol. The van der Waals surface area contributed by atoms with Crippen LogP contribution in [0.4, 0.5) is 0 Å². The number of para-hydroxylation sites is 1. The van der Waals surface area contributed by atoms with Crippen molar-refractivity contribution >= 4 is 59.3 Å². The molecule has 1 aliphatic heterocycles. The van der Waals surface area contributed by atoms with Crippen molar-refractivity contribution in [1.29, 1.82) is 0 Å². The smallest absolute Gasteiger partial charge is 0.211 e. The number of aliphatic imine (C=N–C) groups is 1. The number of nitrogens with zero attached hydrogens (tertiary/aromatic N) is 3. The minimum absolute atomic E-state index is 0.0726. The average molecular weight is 596 g/mol. The predicted molar refractivity (Wildman–Crippen MR) is 192 cm³/mol. The Kier molecular flexibility index (Phi) is 5.97. The molecule has 3 nitrogen and oxygen atoms in total. The molecule has 8 aromatic rings. The van der Waals surface area contributed by atoms with E-state index in [0.29, 0.717) is 0 Å². The van der Waals surface area contributed by atoms with Crippen molar-refractivity contribution in [1.82, 2.24) is 9.47 Å². The monoisotopic (exact) mass is 595 g/mol. The van der Waals surface area contributed by atoms with Crippen molar-refractivity contribution in [2.75, 3.05) is 7.05 Å². The molecule has 0 saturated heterocycles. The van der Waals surface area contributed by atoms with Gasteiger partial charge >= 0.3 is 0 Å². The van der Waals surface area contributed by atoms with Gasteiger partial charge in [-0.3, -0.25) is 4.57 Å². The molecule has 0 radical (unpaired) electrons. The second-order valence-electron chi connectivity index (χ2n) is 11.7. The fourth-order valence-corrected chi connectivity index (χ4v) is 8.16. The van der Waals surface area contributed by atoms with Crippen LogP contribution < -0.4 is 0 Å². The third-order valence-electron chi connectivity index (χ3n) is 9.14. The molecule has 0 amide bonds. The summed E-state index contributed by atoms with van der Waals surface area (Å²) in [6, 6.07) is 50.6. The Morgan fingerprint density at radius 3 is 2.13 bits per heavy atom. The summed E-state index contributed by atoms with van der Waals surface area (Å²) in [6.07, 6.45) is 4.14. The van der Waals surface area contributed by atoms with Crippen LogP contribution in [0.3, 0.4) is 0 Å². The molecule has 0 bridgehead atoms. The Morgan fingerprint density at radius 1 is 0.578 bits per heavy atom. The van der Waals surface area contributed by atoms with Crippen molar-refractivity contribution < 1.29 is 0 Å². The maximum absolute atomic E-state index is 4.97. The van der Waals surface area contributed by atoms with Gasteiger partial charge in [-0.1, -0.05) is 115 Å². The van der Waals surface area contributed by atoms with Gasteiger partial charge in [0.1, 0.15) is 0 Å². The van der Waals surface area contributed by atoms with E-state index in [0.717, 1.165) is 17.0 Å². The minimum atomic E-state index is 0.0726. The summed E-state index contributed by atoms with van der Waals surface area (Å²) >= 11 is 1.88. The lowest BCUT2D eigenvalue weighted by molar-refractivity contribution is 0.420. The van der Waals surface area contributed by atoms with E-state index in [4.69, 9.17) is 4.99 Å². The number of hydrogen-bond donors (Lipinski definition) is 0. The lowest BCUT2D eigenvalue weighted by atomic mass is 10.00. The Morgan fingerprint density at radius 2 is 1.27 bits per heavy atom. The molecule has 0 aliphatic carbocycles. The van der Waals surface area contributed by atoms with E-state index in [2.05, 4.69) is 162 Å². The quantitative estimate of drug-likeness (QED) is 0.199. The Labute approximate surface area is 265 Å². The first-order valence-electron chi connectivity index (χ1n) is 15.3. The van der Waals surface area contributed by atoms with Gasteiger partial charge in [-0.2, -0.15) is 0 Å². The van der Waals surface area contributed by atoms with Crippen LogP contribution in [0.5, 0.6) is 0 Å². The highest BCUT2D eigenvalue weighted by Crippen LogP contribution is 2.41.